The number of carbonyl (C=O) groups is 2. The number of anilines is 1. The summed E-state index contributed by atoms with van der Waals surface area (Å²) in [6, 6.07) is 12.0. The highest BCUT2D eigenvalue weighted by Crippen LogP contribution is 2.15. The van der Waals surface area contributed by atoms with Crippen LogP contribution >= 0.6 is 0 Å². The van der Waals surface area contributed by atoms with Gasteiger partial charge in [-0.05, 0) is 43.3 Å². The predicted molar refractivity (Wildman–Crippen MR) is 82.9 cm³/mol. The molecule has 0 aliphatic heterocycles. The Labute approximate surface area is 133 Å². The van der Waals surface area contributed by atoms with E-state index in [2.05, 4.69) is 5.32 Å². The SMILES string of the molecule is COc1ccc(C(=O)O[C@H](C)C(=O)Nc2ccccc2F)cc1. The number of halogens is 1. The molecule has 0 radical (unpaired) electrons. The smallest absolute Gasteiger partial charge is 0.338 e. The molecule has 23 heavy (non-hydrogen) atoms. The number of para-hydroxylation sites is 1. The summed E-state index contributed by atoms with van der Waals surface area (Å²) in [5, 5.41) is 2.37. The highest BCUT2D eigenvalue weighted by Gasteiger charge is 2.20. The summed E-state index contributed by atoms with van der Waals surface area (Å²) < 4.78 is 23.5. The van der Waals surface area contributed by atoms with Crippen LogP contribution in [-0.2, 0) is 9.53 Å². The van der Waals surface area contributed by atoms with Crippen LogP contribution in [0.2, 0.25) is 0 Å². The Hall–Kier alpha value is -2.89. The maximum Gasteiger partial charge on any atom is 0.338 e. The zero-order chi connectivity index (χ0) is 16.8. The van der Waals surface area contributed by atoms with Crippen LogP contribution in [0.1, 0.15) is 17.3 Å². The van der Waals surface area contributed by atoms with E-state index in [1.54, 1.807) is 18.2 Å². The summed E-state index contributed by atoms with van der Waals surface area (Å²) in [4.78, 5) is 23.9. The van der Waals surface area contributed by atoms with Gasteiger partial charge >= 0.3 is 5.97 Å². The Morgan fingerprint density at radius 2 is 1.74 bits per heavy atom. The van der Waals surface area contributed by atoms with Crippen LogP contribution in [0.4, 0.5) is 10.1 Å². The summed E-state index contributed by atoms with van der Waals surface area (Å²) >= 11 is 0. The van der Waals surface area contributed by atoms with Crippen molar-refractivity contribution in [3.63, 3.8) is 0 Å². The second-order valence-electron chi connectivity index (χ2n) is 4.75. The molecule has 6 heteroatoms. The zero-order valence-corrected chi connectivity index (χ0v) is 12.7. The van der Waals surface area contributed by atoms with E-state index in [9.17, 15) is 14.0 Å². The Bertz CT molecular complexity index is 700. The van der Waals surface area contributed by atoms with E-state index in [-0.39, 0.29) is 11.3 Å². The van der Waals surface area contributed by atoms with Crippen molar-refractivity contribution in [2.45, 2.75) is 13.0 Å². The number of carbonyl (C=O) groups excluding carboxylic acids is 2. The van der Waals surface area contributed by atoms with Gasteiger partial charge in [-0.2, -0.15) is 0 Å². The molecule has 0 saturated heterocycles. The topological polar surface area (TPSA) is 64.6 Å². The molecular formula is C17H16FNO4. The highest BCUT2D eigenvalue weighted by molar-refractivity contribution is 5.97. The first-order valence-electron chi connectivity index (χ1n) is 6.91. The molecule has 0 aliphatic carbocycles. The lowest BCUT2D eigenvalue weighted by Gasteiger charge is -2.14. The van der Waals surface area contributed by atoms with Crippen LogP contribution in [0.25, 0.3) is 0 Å². The Morgan fingerprint density at radius 1 is 1.09 bits per heavy atom. The Morgan fingerprint density at radius 3 is 2.35 bits per heavy atom. The van der Waals surface area contributed by atoms with Gasteiger partial charge in [0.25, 0.3) is 5.91 Å². The first-order chi connectivity index (χ1) is 11.0. The number of rotatable bonds is 5. The van der Waals surface area contributed by atoms with Crippen LogP contribution in [0.15, 0.2) is 48.5 Å². The van der Waals surface area contributed by atoms with Crippen molar-refractivity contribution in [1.29, 1.82) is 0 Å². The summed E-state index contributed by atoms with van der Waals surface area (Å²) in [6.45, 7) is 1.41. The van der Waals surface area contributed by atoms with E-state index in [1.807, 2.05) is 0 Å². The molecule has 5 nitrogen and oxygen atoms in total. The summed E-state index contributed by atoms with van der Waals surface area (Å²) in [6.07, 6.45) is -1.07. The molecule has 0 fully saturated rings. The summed E-state index contributed by atoms with van der Waals surface area (Å²) in [5.74, 6) is -1.22. The molecule has 1 atom stereocenters. The van der Waals surface area contributed by atoms with Gasteiger partial charge < -0.3 is 14.8 Å². The van der Waals surface area contributed by atoms with Crippen molar-refractivity contribution in [3.8, 4) is 5.75 Å². The van der Waals surface area contributed by atoms with Crippen molar-refractivity contribution < 1.29 is 23.5 Å². The zero-order valence-electron chi connectivity index (χ0n) is 12.7. The molecule has 2 aromatic rings. The van der Waals surface area contributed by atoms with Gasteiger partial charge in [0, 0.05) is 0 Å². The van der Waals surface area contributed by atoms with Crippen LogP contribution in [-0.4, -0.2) is 25.1 Å². The van der Waals surface area contributed by atoms with Crippen molar-refractivity contribution >= 4 is 17.6 Å². The van der Waals surface area contributed by atoms with Gasteiger partial charge in [-0.1, -0.05) is 12.1 Å². The number of hydrogen-bond acceptors (Lipinski definition) is 4. The van der Waals surface area contributed by atoms with Gasteiger partial charge in [0.1, 0.15) is 11.6 Å². The number of nitrogens with one attached hydrogen (secondary N) is 1. The first kappa shape index (κ1) is 16.5. The van der Waals surface area contributed by atoms with E-state index in [0.717, 1.165) is 0 Å². The number of hydrogen-bond donors (Lipinski definition) is 1. The molecule has 120 valence electrons. The van der Waals surface area contributed by atoms with Gasteiger partial charge in [0.2, 0.25) is 0 Å². The van der Waals surface area contributed by atoms with Crippen molar-refractivity contribution in [3.05, 3.63) is 59.9 Å². The molecule has 1 amide bonds. The lowest BCUT2D eigenvalue weighted by molar-refractivity contribution is -0.123. The van der Waals surface area contributed by atoms with E-state index in [4.69, 9.17) is 9.47 Å². The molecule has 0 saturated carbocycles. The van der Waals surface area contributed by atoms with Crippen LogP contribution in [0.3, 0.4) is 0 Å². The molecule has 2 rings (SSSR count). The first-order valence-corrected chi connectivity index (χ1v) is 6.91. The number of amides is 1. The second kappa shape index (κ2) is 7.40. The standard InChI is InChI=1S/C17H16FNO4/c1-11(16(20)19-15-6-4-3-5-14(15)18)23-17(21)12-7-9-13(22-2)10-8-12/h3-11H,1-2H3,(H,19,20)/t11-/m1/s1. The van der Waals surface area contributed by atoms with E-state index >= 15 is 0 Å². The van der Waals surface area contributed by atoms with Crippen molar-refractivity contribution in [2.75, 3.05) is 12.4 Å². The molecule has 0 heterocycles. The fourth-order valence-electron chi connectivity index (χ4n) is 1.81. The molecule has 2 aromatic carbocycles. The van der Waals surface area contributed by atoms with Crippen molar-refractivity contribution in [1.82, 2.24) is 0 Å². The van der Waals surface area contributed by atoms with Crippen LogP contribution in [0, 0.1) is 5.82 Å². The third-order valence-corrected chi connectivity index (χ3v) is 3.11. The Kier molecular flexibility index (Phi) is 5.30. The fraction of sp³-hybridized carbons (Fsp3) is 0.176. The number of esters is 1. The normalized spacial score (nSPS) is 11.4. The fourth-order valence-corrected chi connectivity index (χ4v) is 1.81. The largest absolute Gasteiger partial charge is 0.497 e. The summed E-state index contributed by atoms with van der Waals surface area (Å²) in [5.41, 5.74) is 0.321. The van der Waals surface area contributed by atoms with Gasteiger partial charge in [-0.25, -0.2) is 9.18 Å². The molecule has 0 unspecified atom stereocenters. The molecule has 0 spiro atoms. The van der Waals surface area contributed by atoms with E-state index in [0.29, 0.717) is 5.75 Å². The maximum atomic E-state index is 13.5. The second-order valence-corrected chi connectivity index (χ2v) is 4.75. The third-order valence-electron chi connectivity index (χ3n) is 3.11. The minimum atomic E-state index is -1.07. The molecule has 1 N–H and O–H groups in total. The Balaban J connectivity index is 1.97. The lowest BCUT2D eigenvalue weighted by Crippen LogP contribution is -2.30. The highest BCUT2D eigenvalue weighted by atomic mass is 19.1. The quantitative estimate of drug-likeness (QED) is 0.861. The molecular weight excluding hydrogens is 301 g/mol. The third kappa shape index (κ3) is 4.29. The number of ether oxygens (including phenoxy) is 2. The van der Waals surface area contributed by atoms with E-state index < -0.39 is 23.8 Å². The van der Waals surface area contributed by atoms with Crippen LogP contribution in [0.5, 0.6) is 5.75 Å². The van der Waals surface area contributed by atoms with Crippen LogP contribution < -0.4 is 10.1 Å². The average molecular weight is 317 g/mol. The maximum absolute atomic E-state index is 13.5. The monoisotopic (exact) mass is 317 g/mol. The predicted octanol–water partition coefficient (Wildman–Crippen LogP) is 3.02. The minimum absolute atomic E-state index is 0.0323. The summed E-state index contributed by atoms with van der Waals surface area (Å²) in [7, 11) is 1.52. The van der Waals surface area contributed by atoms with Crippen molar-refractivity contribution in [2.24, 2.45) is 0 Å². The van der Waals surface area contributed by atoms with E-state index in [1.165, 1.54) is 44.4 Å². The molecule has 0 aliphatic rings. The van der Waals surface area contributed by atoms with Gasteiger partial charge in [0.15, 0.2) is 6.10 Å². The molecule has 0 bridgehead atoms. The molecule has 0 aromatic heterocycles. The van der Waals surface area contributed by atoms with Gasteiger partial charge in [0.05, 0.1) is 18.4 Å². The minimum Gasteiger partial charge on any atom is -0.497 e. The average Bonchev–Trinajstić information content (AvgIpc) is 2.56. The lowest BCUT2D eigenvalue weighted by atomic mass is 10.2. The van der Waals surface area contributed by atoms with Gasteiger partial charge in [-0.3, -0.25) is 4.79 Å². The number of benzene rings is 2. The van der Waals surface area contributed by atoms with Gasteiger partial charge in [-0.15, -0.1) is 0 Å². The number of methoxy groups -OCH3 is 1.